The lowest BCUT2D eigenvalue weighted by molar-refractivity contribution is -0.157. The van der Waals surface area contributed by atoms with Crippen molar-refractivity contribution in [2.24, 2.45) is 23.7 Å². The molecule has 0 aromatic rings. The van der Waals surface area contributed by atoms with Gasteiger partial charge in [0.25, 0.3) is 0 Å². The van der Waals surface area contributed by atoms with Gasteiger partial charge in [0.2, 0.25) is 0 Å². The zero-order valence-corrected chi connectivity index (χ0v) is 10.2. The molecule has 92 valence electrons. The van der Waals surface area contributed by atoms with Crippen LogP contribution >= 0.6 is 0 Å². The molecule has 0 bridgehead atoms. The smallest absolute Gasteiger partial charge is 0.309 e. The Morgan fingerprint density at radius 2 is 1.88 bits per heavy atom. The Morgan fingerprint density at radius 1 is 1.25 bits per heavy atom. The number of hydrogen-bond acceptors (Lipinski definition) is 3. The van der Waals surface area contributed by atoms with E-state index >= 15 is 0 Å². The number of rotatable bonds is 1. The number of fused-ring (bicyclic) bond motifs is 1. The van der Waals surface area contributed by atoms with Crippen molar-refractivity contribution < 1.29 is 14.6 Å². The molecule has 0 heterocycles. The summed E-state index contributed by atoms with van der Waals surface area (Å²) in [5.74, 6) is 0.866. The molecule has 0 spiro atoms. The average Bonchev–Trinajstić information content (AvgIpc) is 2.28. The molecule has 3 heteroatoms. The fourth-order valence-corrected chi connectivity index (χ4v) is 3.78. The van der Waals surface area contributed by atoms with E-state index in [4.69, 9.17) is 4.74 Å². The topological polar surface area (TPSA) is 46.5 Å². The Balaban J connectivity index is 2.18. The van der Waals surface area contributed by atoms with Gasteiger partial charge >= 0.3 is 5.97 Å². The van der Waals surface area contributed by atoms with Gasteiger partial charge < -0.3 is 9.84 Å². The number of ether oxygens (including phenoxy) is 1. The molecular formula is C13H22O3. The monoisotopic (exact) mass is 226 g/mol. The number of esters is 1. The van der Waals surface area contributed by atoms with E-state index in [1.165, 1.54) is 20.0 Å². The van der Waals surface area contributed by atoms with Crippen LogP contribution in [-0.2, 0) is 9.53 Å². The Labute approximate surface area is 97.2 Å². The predicted octanol–water partition coefficient (Wildman–Crippen LogP) is 1.98. The minimum Gasteiger partial charge on any atom is -0.469 e. The summed E-state index contributed by atoms with van der Waals surface area (Å²) in [6, 6.07) is 0. The van der Waals surface area contributed by atoms with Gasteiger partial charge in [-0.15, -0.1) is 0 Å². The lowest BCUT2D eigenvalue weighted by atomic mass is 9.61. The second-order valence-electron chi connectivity index (χ2n) is 5.44. The molecule has 16 heavy (non-hydrogen) atoms. The third-order valence-corrected chi connectivity index (χ3v) is 4.53. The Bertz CT molecular complexity index is 264. The highest BCUT2D eigenvalue weighted by Gasteiger charge is 2.46. The molecule has 0 aromatic carbocycles. The van der Waals surface area contributed by atoms with Crippen LogP contribution in [0.1, 0.15) is 39.0 Å². The summed E-state index contributed by atoms with van der Waals surface area (Å²) in [4.78, 5) is 11.8. The summed E-state index contributed by atoms with van der Waals surface area (Å²) < 4.78 is 4.92. The van der Waals surface area contributed by atoms with Crippen LogP contribution < -0.4 is 0 Å². The maximum atomic E-state index is 11.8. The highest BCUT2D eigenvalue weighted by Crippen LogP contribution is 2.46. The molecule has 0 aromatic heterocycles. The molecule has 0 amide bonds. The molecule has 5 atom stereocenters. The first-order valence-electron chi connectivity index (χ1n) is 6.41. The summed E-state index contributed by atoms with van der Waals surface area (Å²) in [7, 11) is 1.47. The molecule has 2 aliphatic rings. The summed E-state index contributed by atoms with van der Waals surface area (Å²) >= 11 is 0. The molecule has 0 aliphatic heterocycles. The van der Waals surface area contributed by atoms with Gasteiger partial charge in [-0.1, -0.05) is 19.8 Å². The van der Waals surface area contributed by atoms with Crippen LogP contribution in [0.4, 0.5) is 0 Å². The second-order valence-corrected chi connectivity index (χ2v) is 5.44. The molecule has 2 aliphatic carbocycles. The van der Waals surface area contributed by atoms with Crippen LogP contribution in [0.3, 0.4) is 0 Å². The standard InChI is InChI=1S/C13H22O3/c1-8-7-11(14)9-5-3-4-6-10(9)12(8)13(15)16-2/h8-12,14H,3-7H2,1-2H3/t8-,9-,10-,11+,12+/m1/s1. The first-order chi connectivity index (χ1) is 7.65. The van der Waals surface area contributed by atoms with E-state index in [9.17, 15) is 9.90 Å². The number of carbonyl (C=O) groups excluding carboxylic acids is 1. The minimum atomic E-state index is -0.207. The fraction of sp³-hybridized carbons (Fsp3) is 0.923. The van der Waals surface area contributed by atoms with Crippen LogP contribution in [0, 0.1) is 23.7 Å². The van der Waals surface area contributed by atoms with Crippen molar-refractivity contribution in [3.8, 4) is 0 Å². The highest BCUT2D eigenvalue weighted by atomic mass is 16.5. The molecule has 0 radical (unpaired) electrons. The van der Waals surface area contributed by atoms with E-state index in [2.05, 4.69) is 6.92 Å². The van der Waals surface area contributed by atoms with Gasteiger partial charge in [-0.05, 0) is 37.0 Å². The van der Waals surface area contributed by atoms with Gasteiger partial charge in [-0.2, -0.15) is 0 Å². The lowest BCUT2D eigenvalue weighted by Gasteiger charge is -2.45. The number of aliphatic hydroxyl groups is 1. The summed E-state index contributed by atoms with van der Waals surface area (Å²) in [6.07, 6.45) is 5.08. The lowest BCUT2D eigenvalue weighted by Crippen LogP contribution is -2.47. The summed E-state index contributed by atoms with van der Waals surface area (Å²) in [5, 5.41) is 10.1. The number of carbonyl (C=O) groups is 1. The maximum Gasteiger partial charge on any atom is 0.309 e. The van der Waals surface area contributed by atoms with Gasteiger partial charge in [0.1, 0.15) is 0 Å². The van der Waals surface area contributed by atoms with E-state index in [0.717, 1.165) is 19.3 Å². The number of methoxy groups -OCH3 is 1. The number of aliphatic hydroxyl groups excluding tert-OH is 1. The zero-order valence-electron chi connectivity index (χ0n) is 10.2. The third kappa shape index (κ3) is 1.97. The summed E-state index contributed by atoms with van der Waals surface area (Å²) in [6.45, 7) is 2.07. The molecule has 3 nitrogen and oxygen atoms in total. The minimum absolute atomic E-state index is 0.0127. The van der Waals surface area contributed by atoms with Gasteiger partial charge in [0.05, 0.1) is 19.1 Å². The van der Waals surface area contributed by atoms with E-state index < -0.39 is 0 Å². The molecule has 2 fully saturated rings. The van der Waals surface area contributed by atoms with Crippen LogP contribution in [-0.4, -0.2) is 24.3 Å². The molecule has 0 unspecified atom stereocenters. The van der Waals surface area contributed by atoms with Crippen molar-refractivity contribution in [1.82, 2.24) is 0 Å². The van der Waals surface area contributed by atoms with E-state index in [-0.39, 0.29) is 23.9 Å². The average molecular weight is 226 g/mol. The Morgan fingerprint density at radius 3 is 2.50 bits per heavy atom. The predicted molar refractivity (Wildman–Crippen MR) is 60.7 cm³/mol. The fourth-order valence-electron chi connectivity index (χ4n) is 3.78. The molecule has 2 saturated carbocycles. The van der Waals surface area contributed by atoms with Crippen LogP contribution in [0.2, 0.25) is 0 Å². The van der Waals surface area contributed by atoms with Crippen LogP contribution in [0.15, 0.2) is 0 Å². The SMILES string of the molecule is COC(=O)[C@@H]1[C@@H]2CCCC[C@H]2[C@@H](O)C[C@H]1C. The third-order valence-electron chi connectivity index (χ3n) is 4.53. The van der Waals surface area contributed by atoms with Crippen molar-refractivity contribution in [2.45, 2.75) is 45.1 Å². The zero-order chi connectivity index (χ0) is 11.7. The van der Waals surface area contributed by atoms with Crippen molar-refractivity contribution in [2.75, 3.05) is 7.11 Å². The van der Waals surface area contributed by atoms with Gasteiger partial charge in [-0.3, -0.25) is 4.79 Å². The normalized spacial score (nSPS) is 43.6. The molecular weight excluding hydrogens is 204 g/mol. The Hall–Kier alpha value is -0.570. The number of hydrogen-bond donors (Lipinski definition) is 1. The van der Waals surface area contributed by atoms with E-state index in [1.54, 1.807) is 0 Å². The molecule has 0 saturated heterocycles. The van der Waals surface area contributed by atoms with Gasteiger partial charge in [0.15, 0.2) is 0 Å². The van der Waals surface area contributed by atoms with Gasteiger partial charge in [-0.25, -0.2) is 0 Å². The van der Waals surface area contributed by atoms with E-state index in [1.807, 2.05) is 0 Å². The maximum absolute atomic E-state index is 11.8. The largest absolute Gasteiger partial charge is 0.469 e. The second kappa shape index (κ2) is 4.74. The quantitative estimate of drug-likeness (QED) is 0.695. The van der Waals surface area contributed by atoms with Crippen molar-refractivity contribution in [3.05, 3.63) is 0 Å². The van der Waals surface area contributed by atoms with Crippen molar-refractivity contribution in [3.63, 3.8) is 0 Å². The van der Waals surface area contributed by atoms with Crippen LogP contribution in [0.5, 0.6) is 0 Å². The Kier molecular flexibility index (Phi) is 3.53. The van der Waals surface area contributed by atoms with Crippen LogP contribution in [0.25, 0.3) is 0 Å². The molecule has 2 rings (SSSR count). The van der Waals surface area contributed by atoms with Crippen molar-refractivity contribution in [1.29, 1.82) is 0 Å². The van der Waals surface area contributed by atoms with Gasteiger partial charge in [0, 0.05) is 0 Å². The molecule has 1 N–H and O–H groups in total. The first kappa shape index (κ1) is 11.9. The summed E-state index contributed by atoms with van der Waals surface area (Å²) in [5.41, 5.74) is 0. The first-order valence-corrected chi connectivity index (χ1v) is 6.41. The van der Waals surface area contributed by atoms with Crippen molar-refractivity contribution >= 4 is 5.97 Å². The van der Waals surface area contributed by atoms with E-state index in [0.29, 0.717) is 11.8 Å². The highest BCUT2D eigenvalue weighted by molar-refractivity contribution is 5.73.